The lowest BCUT2D eigenvalue weighted by atomic mass is 10.0. The van der Waals surface area contributed by atoms with Crippen molar-refractivity contribution in [2.45, 2.75) is 25.9 Å². The summed E-state index contributed by atoms with van der Waals surface area (Å²) >= 11 is 0. The van der Waals surface area contributed by atoms with E-state index in [4.69, 9.17) is 13.9 Å². The monoisotopic (exact) mass is 413 g/mol. The van der Waals surface area contributed by atoms with Gasteiger partial charge in [0, 0.05) is 24.0 Å². The third-order valence-electron chi connectivity index (χ3n) is 6.05. The van der Waals surface area contributed by atoms with Crippen molar-refractivity contribution in [2.24, 2.45) is 0 Å². The molecule has 1 aliphatic heterocycles. The molecule has 0 fully saturated rings. The van der Waals surface area contributed by atoms with Crippen LogP contribution >= 0.6 is 0 Å². The Morgan fingerprint density at radius 1 is 0.903 bits per heavy atom. The molecule has 4 aromatic rings. The SMILES string of the molecule is COc1ccc2c(c1)CCCN(Cc1cc(OC)c3oc(-c4ccccc4)cc3c1)C2. The van der Waals surface area contributed by atoms with E-state index in [1.54, 1.807) is 14.2 Å². The molecule has 2 heterocycles. The molecule has 3 aromatic carbocycles. The summed E-state index contributed by atoms with van der Waals surface area (Å²) in [7, 11) is 3.44. The van der Waals surface area contributed by atoms with Crippen LogP contribution in [0.25, 0.3) is 22.3 Å². The van der Waals surface area contributed by atoms with Crippen LogP contribution in [0.4, 0.5) is 0 Å². The Hall–Kier alpha value is -3.24. The summed E-state index contributed by atoms with van der Waals surface area (Å²) in [5, 5.41) is 1.08. The maximum Gasteiger partial charge on any atom is 0.176 e. The van der Waals surface area contributed by atoms with Gasteiger partial charge in [-0.1, -0.05) is 36.4 Å². The van der Waals surface area contributed by atoms with E-state index in [2.05, 4.69) is 53.4 Å². The first-order chi connectivity index (χ1) is 15.2. The van der Waals surface area contributed by atoms with Gasteiger partial charge < -0.3 is 13.9 Å². The fraction of sp³-hybridized carbons (Fsp3) is 0.259. The normalized spacial score (nSPS) is 14.3. The van der Waals surface area contributed by atoms with Gasteiger partial charge in [0.2, 0.25) is 0 Å². The van der Waals surface area contributed by atoms with Crippen LogP contribution in [0.15, 0.2) is 71.1 Å². The second kappa shape index (κ2) is 8.48. The molecule has 0 aliphatic carbocycles. The van der Waals surface area contributed by atoms with Gasteiger partial charge in [0.25, 0.3) is 0 Å². The lowest BCUT2D eigenvalue weighted by Gasteiger charge is -2.21. The molecule has 4 nitrogen and oxygen atoms in total. The minimum Gasteiger partial charge on any atom is -0.497 e. The number of hydrogen-bond donors (Lipinski definition) is 0. The van der Waals surface area contributed by atoms with E-state index in [1.165, 1.54) is 16.7 Å². The fourth-order valence-corrected chi connectivity index (χ4v) is 4.49. The standard InChI is InChI=1S/C27H27NO3/c1-29-24-11-10-22-18-28(12-6-9-21(22)15-24)17-19-13-23-16-25(20-7-4-3-5-8-20)31-27(23)26(14-19)30-2/h3-5,7-8,10-11,13-16H,6,9,12,17-18H2,1-2H3. The smallest absolute Gasteiger partial charge is 0.176 e. The molecular formula is C27H27NO3. The molecule has 4 heteroatoms. The predicted molar refractivity (Wildman–Crippen MR) is 124 cm³/mol. The van der Waals surface area contributed by atoms with Gasteiger partial charge in [0.05, 0.1) is 14.2 Å². The lowest BCUT2D eigenvalue weighted by Crippen LogP contribution is -2.22. The zero-order valence-corrected chi connectivity index (χ0v) is 18.1. The minimum absolute atomic E-state index is 0.787. The summed E-state index contributed by atoms with van der Waals surface area (Å²) < 4.78 is 17.3. The second-order valence-corrected chi connectivity index (χ2v) is 8.14. The van der Waals surface area contributed by atoms with Crippen molar-refractivity contribution >= 4 is 11.0 Å². The molecule has 0 atom stereocenters. The Kier molecular flexibility index (Phi) is 5.39. The average molecular weight is 414 g/mol. The Balaban J connectivity index is 1.43. The number of fused-ring (bicyclic) bond motifs is 2. The Bertz CT molecular complexity index is 1200. The van der Waals surface area contributed by atoms with Crippen molar-refractivity contribution in [1.82, 2.24) is 4.90 Å². The van der Waals surface area contributed by atoms with Gasteiger partial charge in [0.1, 0.15) is 11.5 Å². The molecule has 0 amide bonds. The van der Waals surface area contributed by atoms with Crippen LogP contribution in [0, 0.1) is 0 Å². The number of furan rings is 1. The predicted octanol–water partition coefficient (Wildman–Crippen LogP) is 6.07. The molecule has 0 spiro atoms. The number of nitrogens with zero attached hydrogens (tertiary/aromatic N) is 1. The van der Waals surface area contributed by atoms with Crippen LogP contribution in [0.5, 0.6) is 11.5 Å². The van der Waals surface area contributed by atoms with E-state index in [0.717, 1.165) is 66.3 Å². The summed E-state index contributed by atoms with van der Waals surface area (Å²) in [5.41, 5.74) is 5.90. The molecule has 5 rings (SSSR count). The highest BCUT2D eigenvalue weighted by Gasteiger charge is 2.18. The summed E-state index contributed by atoms with van der Waals surface area (Å²) in [5.74, 6) is 2.59. The Morgan fingerprint density at radius 3 is 2.58 bits per heavy atom. The molecule has 0 saturated carbocycles. The van der Waals surface area contributed by atoms with E-state index in [9.17, 15) is 0 Å². The lowest BCUT2D eigenvalue weighted by molar-refractivity contribution is 0.260. The number of methoxy groups -OCH3 is 2. The first-order valence-electron chi connectivity index (χ1n) is 10.8. The van der Waals surface area contributed by atoms with Gasteiger partial charge in [-0.05, 0) is 66.4 Å². The fourth-order valence-electron chi connectivity index (χ4n) is 4.49. The van der Waals surface area contributed by atoms with Gasteiger partial charge >= 0.3 is 0 Å². The molecular weight excluding hydrogens is 386 g/mol. The number of benzene rings is 3. The van der Waals surface area contributed by atoms with Crippen molar-refractivity contribution in [1.29, 1.82) is 0 Å². The van der Waals surface area contributed by atoms with Crippen LogP contribution in [0.1, 0.15) is 23.1 Å². The molecule has 31 heavy (non-hydrogen) atoms. The number of ether oxygens (including phenoxy) is 2. The van der Waals surface area contributed by atoms with E-state index in [-0.39, 0.29) is 0 Å². The van der Waals surface area contributed by atoms with Crippen LogP contribution in [-0.4, -0.2) is 25.7 Å². The van der Waals surface area contributed by atoms with Crippen molar-refractivity contribution in [2.75, 3.05) is 20.8 Å². The van der Waals surface area contributed by atoms with Crippen molar-refractivity contribution < 1.29 is 13.9 Å². The molecule has 1 aliphatic rings. The summed E-state index contributed by atoms with van der Waals surface area (Å²) in [6, 6.07) is 23.1. The van der Waals surface area contributed by atoms with Crippen LogP contribution in [0.2, 0.25) is 0 Å². The van der Waals surface area contributed by atoms with E-state index >= 15 is 0 Å². The molecule has 1 aromatic heterocycles. The minimum atomic E-state index is 0.787. The van der Waals surface area contributed by atoms with Crippen LogP contribution in [0.3, 0.4) is 0 Å². The van der Waals surface area contributed by atoms with Crippen LogP contribution in [-0.2, 0) is 19.5 Å². The highest BCUT2D eigenvalue weighted by Crippen LogP contribution is 2.35. The zero-order chi connectivity index (χ0) is 21.2. The first kappa shape index (κ1) is 19.7. The third kappa shape index (κ3) is 4.04. The molecule has 0 saturated heterocycles. The van der Waals surface area contributed by atoms with Gasteiger partial charge in [-0.25, -0.2) is 0 Å². The molecule has 0 bridgehead atoms. The zero-order valence-electron chi connectivity index (χ0n) is 18.1. The van der Waals surface area contributed by atoms with E-state index in [0.29, 0.717) is 0 Å². The third-order valence-corrected chi connectivity index (χ3v) is 6.05. The highest BCUT2D eigenvalue weighted by atomic mass is 16.5. The van der Waals surface area contributed by atoms with E-state index < -0.39 is 0 Å². The van der Waals surface area contributed by atoms with E-state index in [1.807, 2.05) is 18.2 Å². The second-order valence-electron chi connectivity index (χ2n) is 8.14. The largest absolute Gasteiger partial charge is 0.497 e. The summed E-state index contributed by atoms with van der Waals surface area (Å²) in [4.78, 5) is 2.51. The van der Waals surface area contributed by atoms with Gasteiger partial charge in [0.15, 0.2) is 11.3 Å². The van der Waals surface area contributed by atoms with Gasteiger partial charge in [-0.2, -0.15) is 0 Å². The van der Waals surface area contributed by atoms with Gasteiger partial charge in [-0.15, -0.1) is 0 Å². The quantitative estimate of drug-likeness (QED) is 0.398. The topological polar surface area (TPSA) is 34.8 Å². The van der Waals surface area contributed by atoms with Gasteiger partial charge in [-0.3, -0.25) is 4.90 Å². The summed E-state index contributed by atoms with van der Waals surface area (Å²) in [6.07, 6.45) is 2.23. The molecule has 0 unspecified atom stereocenters. The summed E-state index contributed by atoms with van der Waals surface area (Å²) in [6.45, 7) is 2.89. The number of rotatable bonds is 5. The first-order valence-corrected chi connectivity index (χ1v) is 10.8. The number of hydrogen-bond acceptors (Lipinski definition) is 4. The van der Waals surface area contributed by atoms with Crippen molar-refractivity contribution in [3.63, 3.8) is 0 Å². The molecule has 0 radical (unpaired) electrons. The molecule has 0 N–H and O–H groups in total. The maximum atomic E-state index is 6.16. The highest BCUT2D eigenvalue weighted by molar-refractivity contribution is 5.88. The average Bonchev–Trinajstić information content (AvgIpc) is 3.14. The van der Waals surface area contributed by atoms with Crippen molar-refractivity contribution in [3.05, 3.63) is 83.4 Å². The van der Waals surface area contributed by atoms with Crippen molar-refractivity contribution in [3.8, 4) is 22.8 Å². The maximum absolute atomic E-state index is 6.16. The number of aryl methyl sites for hydroxylation is 1. The van der Waals surface area contributed by atoms with Crippen LogP contribution < -0.4 is 9.47 Å². The Labute approximate surface area is 183 Å². The molecule has 158 valence electrons. The Morgan fingerprint density at radius 2 is 1.77 bits per heavy atom.